The summed E-state index contributed by atoms with van der Waals surface area (Å²) >= 11 is 0. The van der Waals surface area contributed by atoms with Gasteiger partial charge < -0.3 is 9.67 Å². The Morgan fingerprint density at radius 2 is 2.05 bits per heavy atom. The minimum absolute atomic E-state index is 0.000312. The number of carbonyl (C=O) groups is 1. The van der Waals surface area contributed by atoms with Gasteiger partial charge in [0.05, 0.1) is 17.5 Å². The molecule has 3 aromatic rings. The molecule has 0 saturated carbocycles. The molecule has 1 N–H and O–H groups in total. The summed E-state index contributed by atoms with van der Waals surface area (Å²) < 4.78 is 3.81. The van der Waals surface area contributed by atoms with Crippen LogP contribution in [0.4, 0.5) is 0 Å². The standard InChI is InChI=1S/C16H19N3O2/c1-16(2,3)10-5-6-12-13(7-10)19-9-11(8-14(20)21)18(4)15(19)17-12/h5-7,9H,8H2,1-4H3,(H,20,21). The van der Waals surface area contributed by atoms with E-state index in [2.05, 4.69) is 37.9 Å². The van der Waals surface area contributed by atoms with E-state index in [0.717, 1.165) is 22.5 Å². The Hall–Kier alpha value is -2.30. The van der Waals surface area contributed by atoms with Gasteiger partial charge in [-0.25, -0.2) is 4.98 Å². The van der Waals surface area contributed by atoms with Crippen molar-refractivity contribution in [2.75, 3.05) is 0 Å². The number of hydrogen-bond donors (Lipinski definition) is 1. The van der Waals surface area contributed by atoms with Gasteiger partial charge in [0.25, 0.3) is 0 Å². The summed E-state index contributed by atoms with van der Waals surface area (Å²) in [4.78, 5) is 15.5. The number of nitrogens with zero attached hydrogens (tertiary/aromatic N) is 3. The minimum atomic E-state index is -0.835. The van der Waals surface area contributed by atoms with Gasteiger partial charge in [-0.05, 0) is 23.1 Å². The first-order valence-corrected chi connectivity index (χ1v) is 6.96. The molecule has 21 heavy (non-hydrogen) atoms. The second-order valence-corrected chi connectivity index (χ2v) is 6.49. The number of aryl methyl sites for hydroxylation is 1. The average molecular weight is 285 g/mol. The molecule has 0 atom stereocenters. The number of rotatable bonds is 2. The molecule has 0 amide bonds. The fourth-order valence-corrected chi connectivity index (χ4v) is 2.59. The van der Waals surface area contributed by atoms with E-state index in [0.29, 0.717) is 0 Å². The van der Waals surface area contributed by atoms with Gasteiger partial charge in [0.2, 0.25) is 5.78 Å². The first kappa shape index (κ1) is 13.7. The summed E-state index contributed by atoms with van der Waals surface area (Å²) in [5, 5.41) is 8.98. The average Bonchev–Trinajstić information content (AvgIpc) is 2.86. The van der Waals surface area contributed by atoms with Crippen LogP contribution in [0.25, 0.3) is 16.8 Å². The van der Waals surface area contributed by atoms with Crippen molar-refractivity contribution in [3.8, 4) is 0 Å². The second kappa shape index (κ2) is 4.35. The predicted molar refractivity (Wildman–Crippen MR) is 81.7 cm³/mol. The Kier molecular flexibility index (Phi) is 2.83. The summed E-state index contributed by atoms with van der Waals surface area (Å²) in [5.74, 6) is -0.0640. The van der Waals surface area contributed by atoms with Crippen molar-refractivity contribution >= 4 is 22.8 Å². The summed E-state index contributed by atoms with van der Waals surface area (Å²) in [6.45, 7) is 6.52. The first-order chi connectivity index (χ1) is 9.77. The number of aromatic nitrogens is 3. The van der Waals surface area contributed by atoms with Crippen LogP contribution in [0.5, 0.6) is 0 Å². The summed E-state index contributed by atoms with van der Waals surface area (Å²) in [6, 6.07) is 6.27. The summed E-state index contributed by atoms with van der Waals surface area (Å²) in [6.07, 6.45) is 1.87. The minimum Gasteiger partial charge on any atom is -0.481 e. The Balaban J connectivity index is 2.25. The fraction of sp³-hybridized carbons (Fsp3) is 0.375. The molecule has 2 aromatic heterocycles. The van der Waals surface area contributed by atoms with E-state index in [-0.39, 0.29) is 11.8 Å². The molecule has 5 nitrogen and oxygen atoms in total. The van der Waals surface area contributed by atoms with Gasteiger partial charge in [0.15, 0.2) is 0 Å². The monoisotopic (exact) mass is 285 g/mol. The van der Waals surface area contributed by atoms with Crippen LogP contribution in [-0.4, -0.2) is 25.0 Å². The lowest BCUT2D eigenvalue weighted by atomic mass is 9.87. The van der Waals surface area contributed by atoms with Gasteiger partial charge in [0, 0.05) is 18.9 Å². The Labute approximate surface area is 122 Å². The highest BCUT2D eigenvalue weighted by Crippen LogP contribution is 2.27. The number of fused-ring (bicyclic) bond motifs is 3. The highest BCUT2D eigenvalue weighted by Gasteiger charge is 2.18. The number of carboxylic acids is 1. The van der Waals surface area contributed by atoms with Crippen LogP contribution >= 0.6 is 0 Å². The third-order valence-corrected chi connectivity index (χ3v) is 3.88. The maximum atomic E-state index is 10.9. The van der Waals surface area contributed by atoms with Gasteiger partial charge in [-0.2, -0.15) is 0 Å². The maximum Gasteiger partial charge on any atom is 0.309 e. The van der Waals surface area contributed by atoms with Crippen molar-refractivity contribution < 1.29 is 9.90 Å². The van der Waals surface area contributed by atoms with Crippen LogP contribution in [-0.2, 0) is 23.7 Å². The number of benzene rings is 1. The summed E-state index contributed by atoms with van der Waals surface area (Å²) in [7, 11) is 1.85. The van der Waals surface area contributed by atoms with Gasteiger partial charge in [-0.3, -0.25) is 9.20 Å². The first-order valence-electron chi connectivity index (χ1n) is 6.96. The van der Waals surface area contributed by atoms with Gasteiger partial charge in [-0.1, -0.05) is 26.8 Å². The number of carboxylic acid groups (broad SMARTS) is 1. The molecule has 0 aliphatic heterocycles. The van der Waals surface area contributed by atoms with Gasteiger partial charge in [-0.15, -0.1) is 0 Å². The smallest absolute Gasteiger partial charge is 0.309 e. The molecule has 0 aliphatic carbocycles. The van der Waals surface area contributed by atoms with Crippen molar-refractivity contribution in [2.24, 2.45) is 7.05 Å². The van der Waals surface area contributed by atoms with E-state index >= 15 is 0 Å². The van der Waals surface area contributed by atoms with Crippen LogP contribution in [0.1, 0.15) is 32.0 Å². The molecule has 2 heterocycles. The molecule has 0 unspecified atom stereocenters. The van der Waals surface area contributed by atoms with E-state index in [1.54, 1.807) is 0 Å². The fourth-order valence-electron chi connectivity index (χ4n) is 2.59. The number of imidazole rings is 2. The van der Waals surface area contributed by atoms with Crippen molar-refractivity contribution in [3.63, 3.8) is 0 Å². The van der Waals surface area contributed by atoms with Crippen LogP contribution in [0, 0.1) is 0 Å². The molecular formula is C16H19N3O2. The molecule has 0 radical (unpaired) electrons. The zero-order valence-corrected chi connectivity index (χ0v) is 12.7. The van der Waals surface area contributed by atoms with Crippen LogP contribution in [0.2, 0.25) is 0 Å². The molecule has 0 spiro atoms. The third-order valence-electron chi connectivity index (χ3n) is 3.88. The molecule has 110 valence electrons. The zero-order chi connectivity index (χ0) is 15.4. The summed E-state index contributed by atoms with van der Waals surface area (Å²) in [5.41, 5.74) is 3.99. The lowest BCUT2D eigenvalue weighted by Gasteiger charge is -2.18. The second-order valence-electron chi connectivity index (χ2n) is 6.49. The molecular weight excluding hydrogens is 266 g/mol. The van der Waals surface area contributed by atoms with Crippen molar-refractivity contribution in [2.45, 2.75) is 32.6 Å². The molecule has 1 aromatic carbocycles. The van der Waals surface area contributed by atoms with Gasteiger partial charge in [0.1, 0.15) is 0 Å². The van der Waals surface area contributed by atoms with Crippen molar-refractivity contribution in [3.05, 3.63) is 35.7 Å². The predicted octanol–water partition coefficient (Wildman–Crippen LogP) is 2.75. The van der Waals surface area contributed by atoms with E-state index in [9.17, 15) is 4.79 Å². The SMILES string of the molecule is Cn1c(CC(=O)O)cn2c3cc(C(C)(C)C)ccc3nc12. The van der Waals surface area contributed by atoms with Crippen LogP contribution in [0.3, 0.4) is 0 Å². The molecule has 0 fully saturated rings. The Bertz CT molecular complexity index is 850. The topological polar surface area (TPSA) is 59.5 Å². The Morgan fingerprint density at radius 3 is 2.67 bits per heavy atom. The normalized spacial score (nSPS) is 12.4. The molecule has 3 rings (SSSR count). The maximum absolute atomic E-state index is 10.9. The molecule has 5 heteroatoms. The van der Waals surface area contributed by atoms with Crippen molar-refractivity contribution in [1.82, 2.24) is 14.0 Å². The number of aliphatic carboxylic acids is 1. The third kappa shape index (κ3) is 2.18. The lowest BCUT2D eigenvalue weighted by Crippen LogP contribution is -2.10. The number of hydrogen-bond acceptors (Lipinski definition) is 2. The molecule has 0 aliphatic rings. The van der Waals surface area contributed by atoms with E-state index in [1.165, 1.54) is 5.56 Å². The highest BCUT2D eigenvalue weighted by molar-refractivity contribution is 5.81. The van der Waals surface area contributed by atoms with Crippen LogP contribution < -0.4 is 0 Å². The van der Waals surface area contributed by atoms with E-state index in [1.807, 2.05) is 28.3 Å². The van der Waals surface area contributed by atoms with E-state index in [4.69, 9.17) is 5.11 Å². The lowest BCUT2D eigenvalue weighted by molar-refractivity contribution is -0.136. The largest absolute Gasteiger partial charge is 0.481 e. The quantitative estimate of drug-likeness (QED) is 0.787. The van der Waals surface area contributed by atoms with Crippen LogP contribution in [0.15, 0.2) is 24.4 Å². The van der Waals surface area contributed by atoms with Crippen molar-refractivity contribution in [1.29, 1.82) is 0 Å². The van der Waals surface area contributed by atoms with E-state index < -0.39 is 5.97 Å². The van der Waals surface area contributed by atoms with Gasteiger partial charge >= 0.3 is 5.97 Å². The molecule has 0 saturated heterocycles. The zero-order valence-electron chi connectivity index (χ0n) is 12.7. The highest BCUT2D eigenvalue weighted by atomic mass is 16.4. The molecule has 0 bridgehead atoms. The Morgan fingerprint density at radius 1 is 1.33 bits per heavy atom.